The molecule has 1 atom stereocenters. The summed E-state index contributed by atoms with van der Waals surface area (Å²) in [4.78, 5) is 14.1. The number of benzene rings is 1. The number of rotatable bonds is 5. The zero-order valence-electron chi connectivity index (χ0n) is 13.1. The lowest BCUT2D eigenvalue weighted by atomic mass is 10.2. The number of nitrogens with one attached hydrogen (secondary N) is 1. The van der Waals surface area contributed by atoms with Crippen molar-refractivity contribution >= 4 is 28.1 Å². The summed E-state index contributed by atoms with van der Waals surface area (Å²) in [5.41, 5.74) is 0.529. The Morgan fingerprint density at radius 2 is 2.13 bits per heavy atom. The van der Waals surface area contributed by atoms with Gasteiger partial charge in [-0.2, -0.15) is 0 Å². The van der Waals surface area contributed by atoms with Gasteiger partial charge in [0.05, 0.1) is 18.7 Å². The molecule has 0 spiro atoms. The molecule has 0 aliphatic carbocycles. The smallest absolute Gasteiger partial charge is 0.167 e. The third-order valence-electron chi connectivity index (χ3n) is 3.55. The molecule has 7 heteroatoms. The third-order valence-corrected chi connectivity index (χ3v) is 4.88. The number of ether oxygens (including phenoxy) is 1. The molecule has 0 aliphatic rings. The largest absolute Gasteiger partial charge is 0.494 e. The van der Waals surface area contributed by atoms with E-state index in [0.29, 0.717) is 16.7 Å². The predicted molar refractivity (Wildman–Crippen MR) is 89.6 cm³/mol. The zero-order valence-corrected chi connectivity index (χ0v) is 13.9. The van der Waals surface area contributed by atoms with Crippen LogP contribution in [0.25, 0.3) is 10.9 Å². The van der Waals surface area contributed by atoms with Crippen molar-refractivity contribution in [2.24, 2.45) is 0 Å². The molecule has 0 saturated carbocycles. The van der Waals surface area contributed by atoms with Crippen LogP contribution in [0.2, 0.25) is 0 Å². The maximum atomic E-state index is 13.8. The Labute approximate surface area is 137 Å². The number of hydrogen-bond acceptors (Lipinski definition) is 6. The first-order valence-corrected chi connectivity index (χ1v) is 8.13. The molecule has 0 radical (unpaired) electrons. The van der Waals surface area contributed by atoms with Gasteiger partial charge in [-0.3, -0.25) is 0 Å². The molecule has 0 fully saturated rings. The van der Waals surface area contributed by atoms with Crippen LogP contribution in [0.3, 0.4) is 0 Å². The Bertz CT molecular complexity index is 836. The molecule has 1 N–H and O–H groups in total. The molecular weight excluding hydrogens is 315 g/mol. The minimum absolute atomic E-state index is 0.00514. The van der Waals surface area contributed by atoms with Crippen molar-refractivity contribution in [2.45, 2.75) is 26.3 Å². The molecule has 0 aliphatic heterocycles. The van der Waals surface area contributed by atoms with Gasteiger partial charge in [0.2, 0.25) is 0 Å². The van der Waals surface area contributed by atoms with Gasteiger partial charge in [-0.1, -0.05) is 6.92 Å². The van der Waals surface area contributed by atoms with Gasteiger partial charge in [-0.25, -0.2) is 19.3 Å². The summed E-state index contributed by atoms with van der Waals surface area (Å²) in [7, 11) is 1.44. The van der Waals surface area contributed by atoms with Gasteiger partial charge < -0.3 is 10.1 Å². The Morgan fingerprint density at radius 1 is 1.30 bits per heavy atom. The molecule has 2 aromatic heterocycles. The normalized spacial score (nSPS) is 12.3. The minimum Gasteiger partial charge on any atom is -0.494 e. The molecule has 0 saturated heterocycles. The first-order valence-electron chi connectivity index (χ1n) is 7.31. The van der Waals surface area contributed by atoms with Crippen molar-refractivity contribution in [3.8, 4) is 5.75 Å². The second-order valence-corrected chi connectivity index (χ2v) is 6.26. The van der Waals surface area contributed by atoms with Crippen LogP contribution in [0.5, 0.6) is 5.75 Å². The Hall–Kier alpha value is -2.28. The summed E-state index contributed by atoms with van der Waals surface area (Å²) in [6.45, 7) is 4.13. The van der Waals surface area contributed by atoms with E-state index in [-0.39, 0.29) is 11.8 Å². The second kappa shape index (κ2) is 6.45. The van der Waals surface area contributed by atoms with Gasteiger partial charge in [-0.05, 0) is 19.4 Å². The average Bonchev–Trinajstić information content (AvgIpc) is 3.03. The Balaban J connectivity index is 1.95. The van der Waals surface area contributed by atoms with E-state index in [1.165, 1.54) is 24.4 Å². The van der Waals surface area contributed by atoms with E-state index in [9.17, 15) is 4.39 Å². The van der Waals surface area contributed by atoms with E-state index in [1.54, 1.807) is 17.4 Å². The van der Waals surface area contributed by atoms with Crippen molar-refractivity contribution < 1.29 is 9.13 Å². The molecule has 5 nitrogen and oxygen atoms in total. The number of fused-ring (bicyclic) bond motifs is 1. The number of hydrogen-bond donors (Lipinski definition) is 1. The van der Waals surface area contributed by atoms with Gasteiger partial charge in [0.15, 0.2) is 11.6 Å². The lowest BCUT2D eigenvalue weighted by Gasteiger charge is -2.14. The molecule has 3 aromatic rings. The van der Waals surface area contributed by atoms with E-state index in [4.69, 9.17) is 4.74 Å². The number of anilines is 1. The topological polar surface area (TPSA) is 59.9 Å². The zero-order chi connectivity index (χ0) is 16.4. The lowest BCUT2D eigenvalue weighted by molar-refractivity contribution is 0.387. The van der Waals surface area contributed by atoms with Crippen LogP contribution in [-0.2, 0) is 6.42 Å². The highest BCUT2D eigenvalue weighted by Crippen LogP contribution is 2.30. The molecule has 120 valence electrons. The van der Waals surface area contributed by atoms with Crippen LogP contribution in [0.4, 0.5) is 10.2 Å². The molecule has 0 amide bonds. The van der Waals surface area contributed by atoms with Crippen molar-refractivity contribution in [1.82, 2.24) is 15.0 Å². The van der Waals surface area contributed by atoms with Crippen LogP contribution in [0.1, 0.15) is 29.8 Å². The molecule has 1 unspecified atom stereocenters. The number of methoxy groups -OCH3 is 1. The quantitative estimate of drug-likeness (QED) is 0.766. The molecule has 23 heavy (non-hydrogen) atoms. The minimum atomic E-state index is -0.440. The number of nitrogens with zero attached hydrogens (tertiary/aromatic N) is 3. The summed E-state index contributed by atoms with van der Waals surface area (Å²) in [5.74, 6) is 0.366. The van der Waals surface area contributed by atoms with E-state index >= 15 is 0 Å². The Morgan fingerprint density at radius 3 is 2.83 bits per heavy atom. The molecular formula is C16H17FN4OS. The van der Waals surface area contributed by atoms with E-state index < -0.39 is 5.82 Å². The van der Waals surface area contributed by atoms with Crippen molar-refractivity contribution in [3.05, 3.63) is 40.4 Å². The van der Waals surface area contributed by atoms with Gasteiger partial charge in [0.25, 0.3) is 0 Å². The van der Waals surface area contributed by atoms with Gasteiger partial charge in [0.1, 0.15) is 17.2 Å². The monoisotopic (exact) mass is 332 g/mol. The first kappa shape index (κ1) is 15.6. The highest BCUT2D eigenvalue weighted by Gasteiger charge is 2.14. The summed E-state index contributed by atoms with van der Waals surface area (Å²) in [6.07, 6.45) is 4.29. The van der Waals surface area contributed by atoms with E-state index in [2.05, 4.69) is 27.2 Å². The highest BCUT2D eigenvalue weighted by molar-refractivity contribution is 7.11. The average molecular weight is 332 g/mol. The van der Waals surface area contributed by atoms with Crippen molar-refractivity contribution in [1.29, 1.82) is 0 Å². The van der Waals surface area contributed by atoms with Crippen LogP contribution in [0.15, 0.2) is 24.7 Å². The highest BCUT2D eigenvalue weighted by atomic mass is 32.1. The SMILES string of the molecule is CCc1cnc(C(C)Nc2ncnc3cc(F)c(OC)cc23)s1. The Kier molecular flexibility index (Phi) is 4.38. The maximum absolute atomic E-state index is 13.8. The number of halogens is 1. The second-order valence-electron chi connectivity index (χ2n) is 5.11. The summed E-state index contributed by atoms with van der Waals surface area (Å²) in [6, 6.07) is 2.96. The molecule has 3 rings (SSSR count). The lowest BCUT2D eigenvalue weighted by Crippen LogP contribution is -2.08. The van der Waals surface area contributed by atoms with Crippen molar-refractivity contribution in [2.75, 3.05) is 12.4 Å². The van der Waals surface area contributed by atoms with E-state index in [1.807, 2.05) is 13.1 Å². The first-order chi connectivity index (χ1) is 11.1. The molecule has 0 bridgehead atoms. The van der Waals surface area contributed by atoms with Gasteiger partial charge >= 0.3 is 0 Å². The predicted octanol–water partition coefficient (Wildman–Crippen LogP) is 3.97. The third kappa shape index (κ3) is 3.10. The number of aromatic nitrogens is 3. The van der Waals surface area contributed by atoms with Crippen LogP contribution >= 0.6 is 11.3 Å². The number of thiazole rings is 1. The van der Waals surface area contributed by atoms with Crippen molar-refractivity contribution in [3.63, 3.8) is 0 Å². The van der Waals surface area contributed by atoms with Crippen LogP contribution in [-0.4, -0.2) is 22.1 Å². The van der Waals surface area contributed by atoms with Crippen LogP contribution < -0.4 is 10.1 Å². The van der Waals surface area contributed by atoms with Gasteiger partial charge in [0, 0.05) is 22.5 Å². The molecule has 1 aromatic carbocycles. The van der Waals surface area contributed by atoms with Crippen LogP contribution in [0, 0.1) is 5.82 Å². The summed E-state index contributed by atoms with van der Waals surface area (Å²) in [5, 5.41) is 5.03. The summed E-state index contributed by atoms with van der Waals surface area (Å²) >= 11 is 1.67. The molecule has 2 heterocycles. The fraction of sp³-hybridized carbons (Fsp3) is 0.312. The fourth-order valence-corrected chi connectivity index (χ4v) is 3.14. The van der Waals surface area contributed by atoms with E-state index in [0.717, 1.165) is 11.4 Å². The number of aryl methyl sites for hydroxylation is 1. The maximum Gasteiger partial charge on any atom is 0.167 e. The summed E-state index contributed by atoms with van der Waals surface area (Å²) < 4.78 is 18.9. The standard InChI is InChI=1S/C16H17FN4OS/c1-4-10-7-18-16(23-10)9(2)21-15-11-5-14(22-3)12(17)6-13(11)19-8-20-15/h5-9H,4H2,1-3H3,(H,19,20,21). The van der Waals surface area contributed by atoms with Gasteiger partial charge in [-0.15, -0.1) is 11.3 Å². The fourth-order valence-electron chi connectivity index (χ4n) is 2.28.